The second kappa shape index (κ2) is 12.2. The van der Waals surface area contributed by atoms with Crippen LogP contribution in [0.4, 0.5) is 17.1 Å². The molecular weight excluding hydrogens is 655 g/mol. The Morgan fingerprint density at radius 3 is 1.67 bits per heavy atom. The molecule has 0 N–H and O–H groups in total. The Bertz CT molecular complexity index is 3190. The van der Waals surface area contributed by atoms with Crippen molar-refractivity contribution in [2.45, 2.75) is 0 Å². The van der Waals surface area contributed by atoms with Gasteiger partial charge in [-0.15, -0.1) is 0 Å². The third-order valence-corrected chi connectivity index (χ3v) is 11.0. The number of hydrogen-bond donors (Lipinski definition) is 0. The molecule has 2 heteroatoms. The molecule has 54 heavy (non-hydrogen) atoms. The van der Waals surface area contributed by atoms with Crippen LogP contribution in [0.25, 0.3) is 87.3 Å². The molecular formula is C52H33NO. The maximum absolute atomic E-state index is 6.31. The summed E-state index contributed by atoms with van der Waals surface area (Å²) in [6.07, 6.45) is 0. The fourth-order valence-electron chi connectivity index (χ4n) is 8.45. The number of nitrogens with zero attached hydrogens (tertiary/aromatic N) is 1. The van der Waals surface area contributed by atoms with Crippen molar-refractivity contribution in [3.63, 3.8) is 0 Å². The van der Waals surface area contributed by atoms with E-state index >= 15 is 0 Å². The molecule has 0 fully saturated rings. The lowest BCUT2D eigenvalue weighted by molar-refractivity contribution is 0.669. The Hall–Kier alpha value is -7.16. The van der Waals surface area contributed by atoms with Crippen LogP contribution < -0.4 is 4.90 Å². The average molecular weight is 688 g/mol. The van der Waals surface area contributed by atoms with Gasteiger partial charge < -0.3 is 9.32 Å². The fraction of sp³-hybridized carbons (Fsp3) is 0. The molecule has 0 unspecified atom stereocenters. The molecule has 0 radical (unpaired) electrons. The Morgan fingerprint density at radius 2 is 0.870 bits per heavy atom. The first-order valence-corrected chi connectivity index (χ1v) is 18.5. The highest BCUT2D eigenvalue weighted by Crippen LogP contribution is 2.43. The van der Waals surface area contributed by atoms with Gasteiger partial charge >= 0.3 is 0 Å². The topological polar surface area (TPSA) is 16.4 Å². The van der Waals surface area contributed by atoms with Crippen LogP contribution in [0.1, 0.15) is 0 Å². The molecule has 0 spiro atoms. The normalized spacial score (nSPS) is 11.7. The predicted octanol–water partition coefficient (Wildman–Crippen LogP) is 15.0. The molecule has 1 heterocycles. The molecule has 0 aliphatic carbocycles. The van der Waals surface area contributed by atoms with Crippen molar-refractivity contribution < 1.29 is 4.42 Å². The summed E-state index contributed by atoms with van der Waals surface area (Å²) in [7, 11) is 0. The maximum Gasteiger partial charge on any atom is 0.136 e. The number of hydrogen-bond acceptors (Lipinski definition) is 2. The standard InChI is InChI=1S/C52H33NO/c1-2-10-34(11-3-1)35-18-25-40(26-19-35)53(42-29-22-38-24-31-50-52(48(38)33-42)46-16-8-9-17-49(46)54-50)41-27-20-37(21-28-41)47-32-39-13-5-6-14-43(39)45-30-23-36-12-4-7-15-44(36)51(45)47/h1-33H. The van der Waals surface area contributed by atoms with Crippen LogP contribution in [-0.4, -0.2) is 0 Å². The molecule has 0 atom stereocenters. The lowest BCUT2D eigenvalue weighted by atomic mass is 9.90. The molecule has 0 bridgehead atoms. The van der Waals surface area contributed by atoms with Gasteiger partial charge in [-0.3, -0.25) is 0 Å². The lowest BCUT2D eigenvalue weighted by Crippen LogP contribution is -2.09. The largest absolute Gasteiger partial charge is 0.456 e. The zero-order valence-corrected chi connectivity index (χ0v) is 29.4. The molecule has 2 nitrogen and oxygen atoms in total. The van der Waals surface area contributed by atoms with Crippen LogP contribution in [0.15, 0.2) is 205 Å². The summed E-state index contributed by atoms with van der Waals surface area (Å²) in [6.45, 7) is 0. The number of fused-ring (bicyclic) bond motifs is 10. The van der Waals surface area contributed by atoms with Crippen LogP contribution >= 0.6 is 0 Å². The Kier molecular flexibility index (Phi) is 6.90. The monoisotopic (exact) mass is 687 g/mol. The van der Waals surface area contributed by atoms with Gasteiger partial charge in [-0.25, -0.2) is 0 Å². The van der Waals surface area contributed by atoms with E-state index in [0.29, 0.717) is 0 Å². The zero-order chi connectivity index (χ0) is 35.6. The first kappa shape index (κ1) is 30.5. The van der Waals surface area contributed by atoms with E-state index in [0.717, 1.165) is 39.0 Å². The highest BCUT2D eigenvalue weighted by Gasteiger charge is 2.18. The van der Waals surface area contributed by atoms with Gasteiger partial charge in [-0.1, -0.05) is 146 Å². The summed E-state index contributed by atoms with van der Waals surface area (Å²) in [5, 5.41) is 12.2. The van der Waals surface area contributed by atoms with E-state index in [2.05, 4.69) is 199 Å². The maximum atomic E-state index is 6.31. The molecule has 1 aromatic heterocycles. The van der Waals surface area contributed by atoms with E-state index in [1.807, 2.05) is 6.07 Å². The summed E-state index contributed by atoms with van der Waals surface area (Å²) < 4.78 is 6.31. The highest BCUT2D eigenvalue weighted by molar-refractivity contribution is 6.23. The predicted molar refractivity (Wildman–Crippen MR) is 229 cm³/mol. The fourth-order valence-corrected chi connectivity index (χ4v) is 8.45. The molecule has 10 aromatic carbocycles. The minimum Gasteiger partial charge on any atom is -0.456 e. The van der Waals surface area contributed by atoms with Gasteiger partial charge in [0.05, 0.1) is 0 Å². The summed E-state index contributed by atoms with van der Waals surface area (Å²) in [5.41, 5.74) is 9.90. The Morgan fingerprint density at radius 1 is 0.296 bits per heavy atom. The van der Waals surface area contributed by atoms with Crippen molar-refractivity contribution in [1.29, 1.82) is 0 Å². The molecule has 0 amide bonds. The van der Waals surface area contributed by atoms with Gasteiger partial charge in [0.15, 0.2) is 0 Å². The van der Waals surface area contributed by atoms with Crippen molar-refractivity contribution in [2.24, 2.45) is 0 Å². The van der Waals surface area contributed by atoms with E-state index in [1.165, 1.54) is 65.3 Å². The molecule has 0 aliphatic heterocycles. The Labute approximate surface area is 312 Å². The van der Waals surface area contributed by atoms with Crippen molar-refractivity contribution in [2.75, 3.05) is 4.90 Å². The van der Waals surface area contributed by atoms with Gasteiger partial charge in [0.25, 0.3) is 0 Å². The van der Waals surface area contributed by atoms with Crippen LogP contribution in [0.2, 0.25) is 0 Å². The van der Waals surface area contributed by atoms with Gasteiger partial charge in [0.2, 0.25) is 0 Å². The van der Waals surface area contributed by atoms with Crippen LogP contribution in [0.3, 0.4) is 0 Å². The lowest BCUT2D eigenvalue weighted by Gasteiger charge is -2.26. The van der Waals surface area contributed by atoms with E-state index in [-0.39, 0.29) is 0 Å². The third-order valence-electron chi connectivity index (χ3n) is 11.0. The first-order valence-electron chi connectivity index (χ1n) is 18.5. The quantitative estimate of drug-likeness (QED) is 0.168. The van der Waals surface area contributed by atoms with Crippen LogP contribution in [0, 0.1) is 0 Å². The van der Waals surface area contributed by atoms with Crippen molar-refractivity contribution >= 4 is 82.1 Å². The second-order valence-corrected chi connectivity index (χ2v) is 14.1. The Balaban J connectivity index is 1.10. The van der Waals surface area contributed by atoms with Gasteiger partial charge in [0, 0.05) is 27.8 Å². The summed E-state index contributed by atoms with van der Waals surface area (Å²) >= 11 is 0. The van der Waals surface area contributed by atoms with Crippen molar-refractivity contribution in [1.82, 2.24) is 0 Å². The number of benzene rings is 10. The number of anilines is 3. The van der Waals surface area contributed by atoms with E-state index in [1.54, 1.807) is 0 Å². The van der Waals surface area contributed by atoms with Crippen LogP contribution in [0.5, 0.6) is 0 Å². The van der Waals surface area contributed by atoms with Crippen molar-refractivity contribution in [3.05, 3.63) is 200 Å². The molecule has 0 saturated carbocycles. The molecule has 0 aliphatic rings. The molecule has 0 saturated heterocycles. The zero-order valence-electron chi connectivity index (χ0n) is 29.4. The smallest absolute Gasteiger partial charge is 0.136 e. The summed E-state index contributed by atoms with van der Waals surface area (Å²) in [5.74, 6) is 0. The second-order valence-electron chi connectivity index (χ2n) is 14.1. The SMILES string of the molecule is c1ccc(-c2ccc(N(c3ccc(-c4cc5ccccc5c5ccc6ccccc6c45)cc3)c3ccc4ccc5oc6ccccc6c5c4c3)cc2)cc1. The van der Waals surface area contributed by atoms with E-state index < -0.39 is 0 Å². The highest BCUT2D eigenvalue weighted by atomic mass is 16.3. The van der Waals surface area contributed by atoms with Gasteiger partial charge in [-0.05, 0) is 120 Å². The van der Waals surface area contributed by atoms with Gasteiger partial charge in [-0.2, -0.15) is 0 Å². The molecule has 11 rings (SSSR count). The minimum atomic E-state index is 0.902. The number of para-hydroxylation sites is 1. The average Bonchev–Trinajstić information content (AvgIpc) is 3.63. The van der Waals surface area contributed by atoms with Crippen LogP contribution in [-0.2, 0) is 0 Å². The van der Waals surface area contributed by atoms with Crippen molar-refractivity contribution in [3.8, 4) is 22.3 Å². The summed E-state index contributed by atoms with van der Waals surface area (Å²) in [4.78, 5) is 2.37. The molecule has 252 valence electrons. The van der Waals surface area contributed by atoms with E-state index in [9.17, 15) is 0 Å². The molecule has 11 aromatic rings. The number of rotatable bonds is 5. The summed E-state index contributed by atoms with van der Waals surface area (Å²) in [6, 6.07) is 72.3. The third kappa shape index (κ3) is 4.88. The van der Waals surface area contributed by atoms with E-state index in [4.69, 9.17) is 4.42 Å². The van der Waals surface area contributed by atoms with Gasteiger partial charge in [0.1, 0.15) is 11.2 Å². The first-order chi connectivity index (χ1) is 26.8. The minimum absolute atomic E-state index is 0.902. The number of furan rings is 1.